The van der Waals surface area contributed by atoms with Gasteiger partial charge in [0.1, 0.15) is 0 Å². The third-order valence-corrected chi connectivity index (χ3v) is 11.8. The zero-order chi connectivity index (χ0) is 13.0. The van der Waals surface area contributed by atoms with Crippen LogP contribution in [0.4, 0.5) is 0 Å². The van der Waals surface area contributed by atoms with Crippen LogP contribution in [0.5, 0.6) is 0 Å². The molecule has 2 nitrogen and oxygen atoms in total. The van der Waals surface area contributed by atoms with Crippen molar-refractivity contribution < 1.29 is 8.85 Å². The third kappa shape index (κ3) is 4.32. The highest BCUT2D eigenvalue weighted by Gasteiger charge is 2.42. The van der Waals surface area contributed by atoms with E-state index < -0.39 is 16.6 Å². The van der Waals surface area contributed by atoms with Gasteiger partial charge in [-0.15, -0.1) is 0 Å². The van der Waals surface area contributed by atoms with Crippen LogP contribution in [0, 0.1) is 0 Å². The second-order valence-corrected chi connectivity index (χ2v) is 14.5. The first-order valence-corrected chi connectivity index (χ1v) is 12.4. The summed E-state index contributed by atoms with van der Waals surface area (Å²) in [5, 5.41) is 0. The second-order valence-electron chi connectivity index (χ2n) is 5.65. The van der Waals surface area contributed by atoms with E-state index in [1.807, 2.05) is 0 Å². The van der Waals surface area contributed by atoms with Gasteiger partial charge < -0.3 is 8.85 Å². The molecule has 0 aliphatic carbocycles. The highest BCUT2D eigenvalue weighted by Crippen LogP contribution is 2.40. The molecular weight excluding hydrogens is 232 g/mol. The summed E-state index contributed by atoms with van der Waals surface area (Å²) < 4.78 is 12.0. The highest BCUT2D eigenvalue weighted by atomic mass is 28.4. The maximum atomic E-state index is 5.99. The molecule has 0 amide bonds. The molecule has 0 aromatic carbocycles. The molecule has 0 N–H and O–H groups in total. The molecule has 0 heterocycles. The van der Waals surface area contributed by atoms with Crippen LogP contribution in [0.1, 0.15) is 27.7 Å². The molecule has 0 fully saturated rings. The molecule has 0 aromatic heterocycles. The largest absolute Gasteiger partial charge is 0.417 e. The zero-order valence-electron chi connectivity index (χ0n) is 12.4. The molecule has 0 aromatic rings. The molecule has 2 atom stereocenters. The van der Waals surface area contributed by atoms with Crippen molar-refractivity contribution in [2.75, 3.05) is 13.2 Å². The molecule has 98 valence electrons. The van der Waals surface area contributed by atoms with Gasteiger partial charge in [-0.05, 0) is 51.1 Å². The molecule has 4 heteroatoms. The molecule has 16 heavy (non-hydrogen) atoms. The third-order valence-electron chi connectivity index (χ3n) is 3.98. The van der Waals surface area contributed by atoms with Gasteiger partial charge in [-0.1, -0.05) is 13.8 Å². The lowest BCUT2D eigenvalue weighted by Gasteiger charge is -2.39. The number of rotatable bonds is 7. The first-order valence-electron chi connectivity index (χ1n) is 6.47. The van der Waals surface area contributed by atoms with Crippen molar-refractivity contribution >= 4 is 16.6 Å². The van der Waals surface area contributed by atoms with E-state index in [4.69, 9.17) is 8.85 Å². The lowest BCUT2D eigenvalue weighted by molar-refractivity contribution is 0.303. The van der Waals surface area contributed by atoms with E-state index in [2.05, 4.69) is 53.9 Å². The minimum atomic E-state index is -1.55. The molecule has 0 rings (SSSR count). The van der Waals surface area contributed by atoms with Crippen molar-refractivity contribution in [2.45, 2.75) is 65.0 Å². The van der Waals surface area contributed by atoms with Gasteiger partial charge in [-0.3, -0.25) is 0 Å². The van der Waals surface area contributed by atoms with Crippen LogP contribution in [-0.2, 0) is 8.85 Å². The van der Waals surface area contributed by atoms with Gasteiger partial charge in [-0.25, -0.2) is 0 Å². The summed E-state index contributed by atoms with van der Waals surface area (Å²) in [6.45, 7) is 19.9. The van der Waals surface area contributed by atoms with Crippen molar-refractivity contribution in [2.24, 2.45) is 0 Å². The van der Waals surface area contributed by atoms with E-state index in [9.17, 15) is 0 Å². The molecule has 0 aliphatic heterocycles. The van der Waals surface area contributed by atoms with Crippen LogP contribution < -0.4 is 0 Å². The highest BCUT2D eigenvalue weighted by molar-refractivity contribution is 6.78. The predicted octanol–water partition coefficient (Wildman–Crippen LogP) is 4.25. The van der Waals surface area contributed by atoms with Gasteiger partial charge in [0.15, 0.2) is 16.6 Å². The Bertz CT molecular complexity index is 183. The summed E-state index contributed by atoms with van der Waals surface area (Å²) in [5.74, 6) is 0. The Labute approximate surface area is 104 Å². The number of hydrogen-bond donors (Lipinski definition) is 0. The van der Waals surface area contributed by atoms with Crippen LogP contribution in [-0.4, -0.2) is 29.8 Å². The van der Waals surface area contributed by atoms with Gasteiger partial charge in [-0.2, -0.15) is 0 Å². The molecule has 2 unspecified atom stereocenters. The summed E-state index contributed by atoms with van der Waals surface area (Å²) in [7, 11) is -3.11. The van der Waals surface area contributed by atoms with Gasteiger partial charge in [0.05, 0.1) is 0 Å². The van der Waals surface area contributed by atoms with Crippen LogP contribution in [0.3, 0.4) is 0 Å². The Balaban J connectivity index is 4.64. The predicted molar refractivity (Wildman–Crippen MR) is 77.1 cm³/mol. The Kier molecular flexibility index (Phi) is 6.47. The van der Waals surface area contributed by atoms with Crippen molar-refractivity contribution in [3.05, 3.63) is 0 Å². The Morgan fingerprint density at radius 1 is 0.750 bits per heavy atom. The van der Waals surface area contributed by atoms with Gasteiger partial charge in [0.25, 0.3) is 0 Å². The standard InChI is InChI=1S/C12H30O2Si2/c1-9-13-15(5,6)11(3)12(4)16(7,8)14-10-2/h11-12H,9-10H2,1-8H3. The molecule has 0 bridgehead atoms. The van der Waals surface area contributed by atoms with E-state index >= 15 is 0 Å². The Morgan fingerprint density at radius 2 is 1.00 bits per heavy atom. The second kappa shape index (κ2) is 6.33. The Morgan fingerprint density at radius 3 is 1.19 bits per heavy atom. The summed E-state index contributed by atoms with van der Waals surface area (Å²) >= 11 is 0. The van der Waals surface area contributed by atoms with Crippen LogP contribution in [0.25, 0.3) is 0 Å². The maximum Gasteiger partial charge on any atom is 0.189 e. The van der Waals surface area contributed by atoms with E-state index in [1.54, 1.807) is 0 Å². The first kappa shape index (κ1) is 16.4. The molecular formula is C12H30O2Si2. The monoisotopic (exact) mass is 262 g/mol. The quantitative estimate of drug-likeness (QED) is 0.639. The maximum absolute atomic E-state index is 5.99. The van der Waals surface area contributed by atoms with E-state index in [0.29, 0.717) is 11.1 Å². The van der Waals surface area contributed by atoms with E-state index in [0.717, 1.165) is 13.2 Å². The van der Waals surface area contributed by atoms with Gasteiger partial charge in [0.2, 0.25) is 0 Å². The SMILES string of the molecule is CCO[Si](C)(C)C(C)C(C)[Si](C)(C)OCC. The van der Waals surface area contributed by atoms with E-state index in [-0.39, 0.29) is 0 Å². The summed E-state index contributed by atoms with van der Waals surface area (Å²) in [6, 6.07) is 0. The lowest BCUT2D eigenvalue weighted by atomic mass is 10.3. The fraction of sp³-hybridized carbons (Fsp3) is 1.00. The summed E-state index contributed by atoms with van der Waals surface area (Å²) in [5.41, 5.74) is 1.31. The minimum absolute atomic E-state index is 0.653. The summed E-state index contributed by atoms with van der Waals surface area (Å²) in [4.78, 5) is 0. The normalized spacial score (nSPS) is 17.2. The number of hydrogen-bond acceptors (Lipinski definition) is 2. The van der Waals surface area contributed by atoms with Gasteiger partial charge in [0, 0.05) is 13.2 Å². The molecule has 0 saturated carbocycles. The van der Waals surface area contributed by atoms with Crippen molar-refractivity contribution in [3.8, 4) is 0 Å². The topological polar surface area (TPSA) is 18.5 Å². The van der Waals surface area contributed by atoms with Crippen LogP contribution >= 0.6 is 0 Å². The average Bonchev–Trinajstić information content (AvgIpc) is 2.15. The fourth-order valence-corrected chi connectivity index (χ4v) is 9.04. The van der Waals surface area contributed by atoms with Gasteiger partial charge >= 0.3 is 0 Å². The minimum Gasteiger partial charge on any atom is -0.417 e. The van der Waals surface area contributed by atoms with E-state index in [1.165, 1.54) is 0 Å². The molecule has 0 aliphatic rings. The smallest absolute Gasteiger partial charge is 0.189 e. The van der Waals surface area contributed by atoms with Crippen molar-refractivity contribution in [3.63, 3.8) is 0 Å². The molecule has 0 radical (unpaired) electrons. The Hall–Kier alpha value is 0.354. The lowest BCUT2D eigenvalue weighted by Crippen LogP contribution is -2.45. The average molecular weight is 263 g/mol. The van der Waals surface area contributed by atoms with Crippen molar-refractivity contribution in [1.82, 2.24) is 0 Å². The molecule has 0 saturated heterocycles. The van der Waals surface area contributed by atoms with Crippen LogP contribution in [0.2, 0.25) is 37.3 Å². The first-order chi connectivity index (χ1) is 7.19. The zero-order valence-corrected chi connectivity index (χ0v) is 14.4. The van der Waals surface area contributed by atoms with Crippen LogP contribution in [0.15, 0.2) is 0 Å². The summed E-state index contributed by atoms with van der Waals surface area (Å²) in [6.07, 6.45) is 0. The van der Waals surface area contributed by atoms with Crippen molar-refractivity contribution in [1.29, 1.82) is 0 Å². The fourth-order valence-electron chi connectivity index (χ4n) is 2.21. The molecule has 0 spiro atoms.